The first-order chi connectivity index (χ1) is 16.0. The lowest BCUT2D eigenvalue weighted by Crippen LogP contribution is -2.54. The van der Waals surface area contributed by atoms with E-state index in [9.17, 15) is 0 Å². The summed E-state index contributed by atoms with van der Waals surface area (Å²) >= 11 is 0. The molecule has 0 radical (unpaired) electrons. The highest BCUT2D eigenvalue weighted by molar-refractivity contribution is 9.46. The first-order valence-electron chi connectivity index (χ1n) is 11.3. The number of rotatable bonds is 24. The number of hydrogen-bond donors (Lipinski definition) is 0. The highest BCUT2D eigenvalue weighted by Gasteiger charge is 2.49. The molecular formula is C18H42O6S7Si2. The molecule has 0 N–H and O–H groups in total. The minimum Gasteiger partial charge on any atom is -0.376 e. The third kappa shape index (κ3) is 13.3. The van der Waals surface area contributed by atoms with Crippen LogP contribution in [0, 0.1) is 0 Å². The Morgan fingerprint density at radius 2 is 0.909 bits per heavy atom. The molecule has 0 aromatic heterocycles. The van der Waals surface area contributed by atoms with Crippen molar-refractivity contribution in [3.05, 3.63) is 0 Å². The number of hydrogen-bond acceptors (Lipinski definition) is 13. The van der Waals surface area contributed by atoms with E-state index in [1.54, 1.807) is 84.9 Å². The smallest absolute Gasteiger partial charge is 0.376 e. The Morgan fingerprint density at radius 1 is 0.545 bits per heavy atom. The van der Waals surface area contributed by atoms with Gasteiger partial charge in [0.2, 0.25) is 0 Å². The van der Waals surface area contributed by atoms with Crippen molar-refractivity contribution in [2.75, 3.05) is 40.6 Å². The summed E-state index contributed by atoms with van der Waals surface area (Å²) in [6.07, 6.45) is 3.80. The lowest BCUT2D eigenvalue weighted by atomic mass is 10.5. The molecule has 0 amide bonds. The van der Waals surface area contributed by atoms with Crippen molar-refractivity contribution in [3.63, 3.8) is 0 Å². The van der Waals surface area contributed by atoms with Crippen molar-refractivity contribution >= 4 is 88.3 Å². The second kappa shape index (κ2) is 22.6. The summed E-state index contributed by atoms with van der Waals surface area (Å²) in [6.45, 7) is 15.1. The molecule has 4 unspecified atom stereocenters. The summed E-state index contributed by atoms with van der Waals surface area (Å²) < 4.78 is 36.1. The van der Waals surface area contributed by atoms with Crippen LogP contribution in [0.5, 0.6) is 0 Å². The van der Waals surface area contributed by atoms with Crippen LogP contribution in [0.25, 0.3) is 0 Å². The van der Waals surface area contributed by atoms with Crippen LogP contribution in [0.2, 0.25) is 0 Å². The van der Waals surface area contributed by atoms with Crippen LogP contribution in [-0.2, 0) is 26.6 Å². The van der Waals surface area contributed by atoms with Gasteiger partial charge in [-0.2, -0.15) is 0 Å². The van der Waals surface area contributed by atoms with Gasteiger partial charge in [0, 0.05) is 40.6 Å². The van der Waals surface area contributed by atoms with Gasteiger partial charge in [-0.15, -0.1) is 0 Å². The lowest BCUT2D eigenvalue weighted by Gasteiger charge is -2.33. The highest BCUT2D eigenvalue weighted by atomic mass is 33.9. The molecule has 0 bridgehead atoms. The average molecular weight is 635 g/mol. The average Bonchev–Trinajstić information content (AvgIpc) is 2.84. The second-order valence-electron chi connectivity index (χ2n) is 6.50. The lowest BCUT2D eigenvalue weighted by molar-refractivity contribution is 0.0792. The Morgan fingerprint density at radius 3 is 1.18 bits per heavy atom. The van der Waals surface area contributed by atoms with E-state index in [-0.39, 0.29) is 9.75 Å². The molecule has 0 aliphatic carbocycles. The minimum atomic E-state index is -2.69. The molecule has 15 heteroatoms. The van der Waals surface area contributed by atoms with Gasteiger partial charge in [-0.3, -0.25) is 0 Å². The SMILES string of the molecule is CCCO[Si](OC)(OCC)C(CC)SSSSSSSC(CC)[Si](OC)(OCC)OCCC. The van der Waals surface area contributed by atoms with Gasteiger partial charge in [0.15, 0.2) is 0 Å². The van der Waals surface area contributed by atoms with Crippen molar-refractivity contribution in [3.8, 4) is 0 Å². The first-order valence-corrected chi connectivity index (χ1v) is 23.9. The Bertz CT molecular complexity index is 429. The third-order valence-electron chi connectivity index (χ3n) is 4.23. The molecule has 0 rings (SSSR count). The van der Waals surface area contributed by atoms with E-state index in [4.69, 9.17) is 26.6 Å². The topological polar surface area (TPSA) is 55.4 Å². The molecule has 0 saturated heterocycles. The Labute approximate surface area is 230 Å². The molecule has 4 atom stereocenters. The molecule has 0 heterocycles. The summed E-state index contributed by atoms with van der Waals surface area (Å²) in [7, 11) is 10.5. The second-order valence-corrected chi connectivity index (χ2v) is 24.6. The standard InChI is InChI=1S/C18H42O6S7Si2/c1-9-15-23-32(19-7,21-13-5)17(11-3)25-27-29-31-30-28-26-18(12-4)33(20-8,22-14-6)24-16-10-2/h17-18H,9-16H2,1-8H3. The molecular weight excluding hydrogens is 593 g/mol. The van der Waals surface area contributed by atoms with Gasteiger partial charge in [-0.05, 0) is 88.7 Å². The van der Waals surface area contributed by atoms with Crippen LogP contribution in [0.1, 0.15) is 67.2 Å². The summed E-state index contributed by atoms with van der Waals surface area (Å²) in [5, 5.41) is 0. The van der Waals surface area contributed by atoms with Gasteiger partial charge in [0.05, 0.1) is 9.75 Å². The molecule has 0 aliphatic heterocycles. The quantitative estimate of drug-likeness (QED) is 0.0581. The Hall–Kier alpha value is 2.64. The zero-order chi connectivity index (χ0) is 25.0. The molecule has 200 valence electrons. The summed E-state index contributed by atoms with van der Waals surface area (Å²) in [6, 6.07) is 0. The molecule has 0 fully saturated rings. The zero-order valence-electron chi connectivity index (χ0n) is 21.1. The van der Waals surface area contributed by atoms with Gasteiger partial charge in [-0.25, -0.2) is 0 Å². The van der Waals surface area contributed by atoms with E-state index in [0.29, 0.717) is 26.4 Å². The molecule has 0 aromatic rings. The van der Waals surface area contributed by atoms with E-state index in [1.165, 1.54) is 0 Å². The Kier molecular flexibility index (Phi) is 24.4. The fourth-order valence-corrected chi connectivity index (χ4v) is 28.4. The van der Waals surface area contributed by atoms with E-state index < -0.39 is 17.6 Å². The van der Waals surface area contributed by atoms with Crippen molar-refractivity contribution in [1.82, 2.24) is 0 Å². The van der Waals surface area contributed by atoms with Crippen molar-refractivity contribution in [2.45, 2.75) is 77.0 Å². The van der Waals surface area contributed by atoms with Crippen molar-refractivity contribution in [2.24, 2.45) is 0 Å². The predicted molar refractivity (Wildman–Crippen MR) is 163 cm³/mol. The van der Waals surface area contributed by atoms with Gasteiger partial charge in [-0.1, -0.05) is 49.3 Å². The van der Waals surface area contributed by atoms with E-state index >= 15 is 0 Å². The van der Waals surface area contributed by atoms with Crippen LogP contribution in [-0.4, -0.2) is 68.0 Å². The van der Waals surface area contributed by atoms with Gasteiger partial charge in [0.25, 0.3) is 0 Å². The largest absolute Gasteiger partial charge is 0.515 e. The normalized spacial score (nSPS) is 17.5. The van der Waals surface area contributed by atoms with Crippen LogP contribution < -0.4 is 0 Å². The zero-order valence-corrected chi connectivity index (χ0v) is 28.8. The van der Waals surface area contributed by atoms with Crippen LogP contribution in [0.4, 0.5) is 0 Å². The maximum Gasteiger partial charge on any atom is 0.515 e. The first kappa shape index (κ1) is 35.6. The molecule has 6 nitrogen and oxygen atoms in total. The fraction of sp³-hybridized carbons (Fsp3) is 1.00. The van der Waals surface area contributed by atoms with Crippen LogP contribution in [0.15, 0.2) is 0 Å². The van der Waals surface area contributed by atoms with Crippen LogP contribution in [0.3, 0.4) is 0 Å². The molecule has 0 aromatic carbocycles. The van der Waals surface area contributed by atoms with Gasteiger partial charge in [0.1, 0.15) is 0 Å². The fourth-order valence-electron chi connectivity index (χ4n) is 2.76. The summed E-state index contributed by atoms with van der Waals surface area (Å²) in [5.41, 5.74) is 0. The molecule has 0 spiro atoms. The summed E-state index contributed by atoms with van der Waals surface area (Å²) in [4.78, 5) is 0.414. The Balaban J connectivity index is 4.57. The predicted octanol–water partition coefficient (Wildman–Crippen LogP) is 8.34. The highest BCUT2D eigenvalue weighted by Crippen LogP contribution is 2.57. The third-order valence-corrected chi connectivity index (χ3v) is 27.3. The van der Waals surface area contributed by atoms with Crippen molar-refractivity contribution < 1.29 is 26.6 Å². The van der Waals surface area contributed by atoms with Crippen LogP contribution >= 0.6 is 70.7 Å². The molecule has 33 heavy (non-hydrogen) atoms. The minimum absolute atomic E-state index is 0.207. The van der Waals surface area contributed by atoms with Gasteiger partial charge >= 0.3 is 17.6 Å². The van der Waals surface area contributed by atoms with E-state index in [2.05, 4.69) is 27.7 Å². The van der Waals surface area contributed by atoms with Crippen molar-refractivity contribution in [1.29, 1.82) is 0 Å². The van der Waals surface area contributed by atoms with Gasteiger partial charge < -0.3 is 26.6 Å². The molecule has 0 aliphatic rings. The van der Waals surface area contributed by atoms with E-state index in [0.717, 1.165) is 25.7 Å². The molecule has 0 saturated carbocycles. The van der Waals surface area contributed by atoms with E-state index in [1.807, 2.05) is 13.8 Å². The monoisotopic (exact) mass is 634 g/mol. The summed E-state index contributed by atoms with van der Waals surface area (Å²) in [5.74, 6) is 0. The maximum atomic E-state index is 6.15. The maximum absolute atomic E-state index is 6.15.